The topological polar surface area (TPSA) is 47.9 Å². The largest absolute Gasteiger partial charge is 0.393 e. The fourth-order valence-electron chi connectivity index (χ4n) is 2.76. The minimum atomic E-state index is -0.334. The van der Waals surface area contributed by atoms with Crippen LogP contribution in [0.5, 0.6) is 0 Å². The van der Waals surface area contributed by atoms with Crippen molar-refractivity contribution in [2.24, 2.45) is 0 Å². The minimum Gasteiger partial charge on any atom is -0.393 e. The fourth-order valence-corrected chi connectivity index (χ4v) is 2.76. The molecule has 1 aliphatic heterocycles. The van der Waals surface area contributed by atoms with Crippen LogP contribution in [0.25, 0.3) is 0 Å². The first-order valence-electron chi connectivity index (χ1n) is 9.08. The van der Waals surface area contributed by atoms with Crippen LogP contribution in [0.2, 0.25) is 0 Å². The number of ether oxygens (including phenoxy) is 3. The number of allylic oxidation sites excluding steroid dienone is 4. The number of methoxy groups -OCH3 is 2. The van der Waals surface area contributed by atoms with Crippen molar-refractivity contribution < 1.29 is 19.3 Å². The molecule has 1 saturated heterocycles. The van der Waals surface area contributed by atoms with Gasteiger partial charge in [0, 0.05) is 27.1 Å². The highest BCUT2D eigenvalue weighted by Gasteiger charge is 2.27. The SMILES string of the molecule is CCCCCC(C=CC=CC=CC[C@@H]1C[C@@H](O)C[C@H](OC)O1)OC. The molecule has 0 saturated carbocycles. The van der Waals surface area contributed by atoms with Crippen molar-refractivity contribution in [1.82, 2.24) is 0 Å². The standard InChI is InChI=1S/C20H34O4/c1-4-5-9-12-18(22-2)13-10-7-6-8-11-14-19-15-17(21)16-20(23-3)24-19/h6-8,10-11,13,17-21H,4-5,9,12,14-16H2,1-3H3/t17-,18?,19-,20-/m1/s1. The molecule has 0 aliphatic carbocycles. The Morgan fingerprint density at radius 1 is 1.12 bits per heavy atom. The monoisotopic (exact) mass is 338 g/mol. The summed E-state index contributed by atoms with van der Waals surface area (Å²) in [6, 6.07) is 0. The second kappa shape index (κ2) is 13.4. The molecular weight excluding hydrogens is 304 g/mol. The Hall–Kier alpha value is -0.940. The second-order valence-electron chi connectivity index (χ2n) is 6.25. The van der Waals surface area contributed by atoms with Gasteiger partial charge in [0.15, 0.2) is 6.29 Å². The number of unbranched alkanes of at least 4 members (excludes halogenated alkanes) is 2. The first-order chi connectivity index (χ1) is 11.7. The first kappa shape index (κ1) is 21.1. The maximum absolute atomic E-state index is 9.79. The van der Waals surface area contributed by atoms with Crippen LogP contribution in [0, 0.1) is 0 Å². The third-order valence-corrected chi connectivity index (χ3v) is 4.20. The van der Waals surface area contributed by atoms with Gasteiger partial charge in [0.25, 0.3) is 0 Å². The fraction of sp³-hybridized carbons (Fsp3) is 0.700. The molecule has 0 aromatic rings. The molecule has 1 N–H and O–H groups in total. The average Bonchev–Trinajstić information content (AvgIpc) is 2.58. The molecule has 1 fully saturated rings. The van der Waals surface area contributed by atoms with Gasteiger partial charge < -0.3 is 19.3 Å². The van der Waals surface area contributed by atoms with Gasteiger partial charge in [-0.05, 0) is 12.8 Å². The Balaban J connectivity index is 2.25. The normalized spacial score (nSPS) is 26.8. The highest BCUT2D eigenvalue weighted by Crippen LogP contribution is 2.22. The molecule has 0 aromatic carbocycles. The lowest BCUT2D eigenvalue weighted by Crippen LogP contribution is -2.36. The summed E-state index contributed by atoms with van der Waals surface area (Å²) in [5.74, 6) is 0. The number of hydrogen-bond acceptors (Lipinski definition) is 4. The van der Waals surface area contributed by atoms with Crippen molar-refractivity contribution in [2.45, 2.75) is 76.5 Å². The van der Waals surface area contributed by atoms with E-state index in [1.165, 1.54) is 19.3 Å². The molecule has 0 amide bonds. The van der Waals surface area contributed by atoms with E-state index in [0.717, 1.165) is 12.8 Å². The van der Waals surface area contributed by atoms with Crippen LogP contribution in [0.3, 0.4) is 0 Å². The Morgan fingerprint density at radius 3 is 2.62 bits per heavy atom. The summed E-state index contributed by atoms with van der Waals surface area (Å²) in [6.45, 7) is 2.21. The van der Waals surface area contributed by atoms with Crippen molar-refractivity contribution in [1.29, 1.82) is 0 Å². The molecule has 1 unspecified atom stereocenters. The van der Waals surface area contributed by atoms with E-state index >= 15 is 0 Å². The maximum Gasteiger partial charge on any atom is 0.160 e. The predicted octanol–water partition coefficient (Wildman–Crippen LogP) is 4.15. The smallest absolute Gasteiger partial charge is 0.160 e. The summed E-state index contributed by atoms with van der Waals surface area (Å²) in [7, 11) is 3.37. The average molecular weight is 338 g/mol. The summed E-state index contributed by atoms with van der Waals surface area (Å²) in [4.78, 5) is 0. The molecule has 4 nitrogen and oxygen atoms in total. The summed E-state index contributed by atoms with van der Waals surface area (Å²) >= 11 is 0. The van der Waals surface area contributed by atoms with E-state index in [4.69, 9.17) is 14.2 Å². The number of aliphatic hydroxyl groups excluding tert-OH is 1. The Bertz CT molecular complexity index is 389. The van der Waals surface area contributed by atoms with E-state index in [1.807, 2.05) is 24.3 Å². The zero-order valence-corrected chi connectivity index (χ0v) is 15.4. The lowest BCUT2D eigenvalue weighted by atomic mass is 10.0. The highest BCUT2D eigenvalue weighted by atomic mass is 16.7. The molecular formula is C20H34O4. The molecule has 1 aliphatic rings. The van der Waals surface area contributed by atoms with E-state index < -0.39 is 0 Å². The minimum absolute atomic E-state index is 0.0235. The van der Waals surface area contributed by atoms with Gasteiger partial charge in [0.05, 0.1) is 18.3 Å². The van der Waals surface area contributed by atoms with Crippen LogP contribution in [-0.4, -0.2) is 43.9 Å². The third kappa shape index (κ3) is 9.38. The maximum atomic E-state index is 9.79. The van der Waals surface area contributed by atoms with Gasteiger partial charge >= 0.3 is 0 Å². The molecule has 0 spiro atoms. The van der Waals surface area contributed by atoms with Crippen molar-refractivity contribution >= 4 is 0 Å². The quantitative estimate of drug-likeness (QED) is 0.454. The van der Waals surface area contributed by atoms with Crippen molar-refractivity contribution in [2.75, 3.05) is 14.2 Å². The Kier molecular flexibility index (Phi) is 11.7. The molecule has 1 heterocycles. The summed E-state index contributed by atoms with van der Waals surface area (Å²) in [6.07, 6.45) is 18.6. The number of rotatable bonds is 11. The zero-order chi connectivity index (χ0) is 17.6. The van der Waals surface area contributed by atoms with E-state index in [2.05, 4.69) is 19.1 Å². The highest BCUT2D eigenvalue weighted by molar-refractivity contribution is 5.12. The lowest BCUT2D eigenvalue weighted by molar-refractivity contribution is -0.202. The van der Waals surface area contributed by atoms with Crippen LogP contribution in [0.1, 0.15) is 51.9 Å². The zero-order valence-electron chi connectivity index (χ0n) is 15.4. The molecule has 0 bridgehead atoms. The van der Waals surface area contributed by atoms with E-state index in [0.29, 0.717) is 12.8 Å². The van der Waals surface area contributed by atoms with Crippen LogP contribution in [0.4, 0.5) is 0 Å². The van der Waals surface area contributed by atoms with E-state index in [-0.39, 0.29) is 24.6 Å². The molecule has 24 heavy (non-hydrogen) atoms. The Labute approximate surface area is 147 Å². The third-order valence-electron chi connectivity index (χ3n) is 4.20. The van der Waals surface area contributed by atoms with Crippen molar-refractivity contribution in [3.63, 3.8) is 0 Å². The summed E-state index contributed by atoms with van der Waals surface area (Å²) in [5.41, 5.74) is 0. The van der Waals surface area contributed by atoms with Gasteiger partial charge in [-0.2, -0.15) is 0 Å². The van der Waals surface area contributed by atoms with Gasteiger partial charge in [0.2, 0.25) is 0 Å². The summed E-state index contributed by atoms with van der Waals surface area (Å²) < 4.78 is 16.4. The van der Waals surface area contributed by atoms with Gasteiger partial charge in [0.1, 0.15) is 0 Å². The van der Waals surface area contributed by atoms with Gasteiger partial charge in [-0.1, -0.05) is 62.6 Å². The molecule has 138 valence electrons. The molecule has 0 aromatic heterocycles. The summed E-state index contributed by atoms with van der Waals surface area (Å²) in [5, 5.41) is 9.79. The molecule has 1 rings (SSSR count). The first-order valence-corrected chi connectivity index (χ1v) is 9.08. The van der Waals surface area contributed by atoms with Crippen LogP contribution >= 0.6 is 0 Å². The van der Waals surface area contributed by atoms with E-state index in [9.17, 15) is 5.11 Å². The van der Waals surface area contributed by atoms with Gasteiger partial charge in [-0.3, -0.25) is 0 Å². The van der Waals surface area contributed by atoms with Crippen LogP contribution in [0.15, 0.2) is 36.5 Å². The van der Waals surface area contributed by atoms with Gasteiger partial charge in [-0.15, -0.1) is 0 Å². The van der Waals surface area contributed by atoms with E-state index in [1.54, 1.807) is 14.2 Å². The predicted molar refractivity (Wildman–Crippen MR) is 97.9 cm³/mol. The molecule has 4 heteroatoms. The van der Waals surface area contributed by atoms with Crippen LogP contribution < -0.4 is 0 Å². The number of aliphatic hydroxyl groups is 1. The molecule has 0 radical (unpaired) electrons. The molecule has 4 atom stereocenters. The Morgan fingerprint density at radius 2 is 1.92 bits per heavy atom. The van der Waals surface area contributed by atoms with Crippen LogP contribution in [-0.2, 0) is 14.2 Å². The van der Waals surface area contributed by atoms with Gasteiger partial charge in [-0.25, -0.2) is 0 Å². The van der Waals surface area contributed by atoms with Crippen molar-refractivity contribution in [3.05, 3.63) is 36.5 Å². The lowest BCUT2D eigenvalue weighted by Gasteiger charge is -2.31. The van der Waals surface area contributed by atoms with Crippen molar-refractivity contribution in [3.8, 4) is 0 Å². The number of hydrogen-bond donors (Lipinski definition) is 1. The second-order valence-corrected chi connectivity index (χ2v) is 6.25.